The molecule has 0 saturated heterocycles. The zero-order valence-corrected chi connectivity index (χ0v) is 19.1. The van der Waals surface area contributed by atoms with E-state index in [1.807, 2.05) is 66.7 Å². The highest BCUT2D eigenvalue weighted by atomic mass is 16.2. The van der Waals surface area contributed by atoms with Crippen molar-refractivity contribution < 1.29 is 14.4 Å². The third kappa shape index (κ3) is 6.00. The molecule has 1 aromatic heterocycles. The van der Waals surface area contributed by atoms with E-state index in [9.17, 15) is 14.4 Å². The first-order valence-electron chi connectivity index (χ1n) is 11.2. The molecule has 3 N–H and O–H groups in total. The highest BCUT2D eigenvalue weighted by molar-refractivity contribution is 6.00. The van der Waals surface area contributed by atoms with Gasteiger partial charge in [-0.1, -0.05) is 66.7 Å². The number of nitrogens with one attached hydrogen (secondary N) is 3. The van der Waals surface area contributed by atoms with E-state index in [-0.39, 0.29) is 12.3 Å². The number of carbonyl (C=O) groups excluding carboxylic acids is 3. The summed E-state index contributed by atoms with van der Waals surface area (Å²) in [7, 11) is 0. The number of amides is 3. The van der Waals surface area contributed by atoms with Crippen LogP contribution in [0, 0.1) is 0 Å². The molecule has 0 radical (unpaired) electrons. The molecule has 3 aromatic carbocycles. The molecule has 1 heterocycles. The Morgan fingerprint density at radius 3 is 2.06 bits per heavy atom. The van der Waals surface area contributed by atoms with Crippen LogP contribution < -0.4 is 16.2 Å². The highest BCUT2D eigenvalue weighted by Crippen LogP contribution is 2.23. The Morgan fingerprint density at radius 2 is 1.40 bits per heavy atom. The fraction of sp³-hybridized carbons (Fsp3) is 0.111. The molecule has 1 atom stereocenters. The minimum atomic E-state index is -0.500. The summed E-state index contributed by atoms with van der Waals surface area (Å²) in [4.78, 5) is 37.6. The second-order valence-electron chi connectivity index (χ2n) is 7.98. The van der Waals surface area contributed by atoms with E-state index in [4.69, 9.17) is 0 Å². The smallest absolute Gasteiger partial charge is 0.273 e. The van der Waals surface area contributed by atoms with E-state index in [0.717, 1.165) is 11.3 Å². The number of hydrazine groups is 1. The van der Waals surface area contributed by atoms with Crippen molar-refractivity contribution in [3.63, 3.8) is 0 Å². The van der Waals surface area contributed by atoms with Gasteiger partial charge < -0.3 is 5.32 Å². The first-order chi connectivity index (χ1) is 17.0. The lowest BCUT2D eigenvalue weighted by atomic mass is 10.1. The maximum absolute atomic E-state index is 13.0. The molecule has 0 bridgehead atoms. The maximum atomic E-state index is 13.0. The monoisotopic (exact) mass is 467 g/mol. The molecule has 35 heavy (non-hydrogen) atoms. The van der Waals surface area contributed by atoms with Gasteiger partial charge in [-0.05, 0) is 31.2 Å². The summed E-state index contributed by atoms with van der Waals surface area (Å²) in [6.07, 6.45) is 1.62. The molecular weight excluding hydrogens is 442 g/mol. The summed E-state index contributed by atoms with van der Waals surface area (Å²) in [5.41, 5.74) is 7.77. The number of rotatable bonds is 7. The van der Waals surface area contributed by atoms with Gasteiger partial charge in [-0.3, -0.25) is 25.2 Å². The Bertz CT molecular complexity index is 1300. The minimum absolute atomic E-state index is 0.00628. The van der Waals surface area contributed by atoms with Gasteiger partial charge in [0.15, 0.2) is 0 Å². The van der Waals surface area contributed by atoms with Gasteiger partial charge in [0.25, 0.3) is 11.8 Å². The molecule has 4 rings (SSSR count). The fourth-order valence-electron chi connectivity index (χ4n) is 3.53. The first kappa shape index (κ1) is 23.4. The van der Waals surface area contributed by atoms with Gasteiger partial charge in [-0.25, -0.2) is 4.68 Å². The van der Waals surface area contributed by atoms with Gasteiger partial charge in [-0.2, -0.15) is 5.10 Å². The lowest BCUT2D eigenvalue weighted by Gasteiger charge is -2.14. The lowest BCUT2D eigenvalue weighted by molar-refractivity contribution is -0.122. The molecule has 4 aromatic rings. The number of nitrogens with zero attached hydrogens (tertiary/aromatic N) is 2. The summed E-state index contributed by atoms with van der Waals surface area (Å²) in [5, 5.41) is 7.38. The lowest BCUT2D eigenvalue weighted by Crippen LogP contribution is -2.44. The first-order valence-corrected chi connectivity index (χ1v) is 11.2. The van der Waals surface area contributed by atoms with Crippen molar-refractivity contribution in [2.75, 3.05) is 0 Å². The molecule has 1 unspecified atom stereocenters. The van der Waals surface area contributed by atoms with Crippen molar-refractivity contribution in [1.82, 2.24) is 25.9 Å². The molecular formula is C27H25N5O3. The highest BCUT2D eigenvalue weighted by Gasteiger charge is 2.20. The van der Waals surface area contributed by atoms with Crippen LogP contribution in [0.2, 0.25) is 0 Å². The van der Waals surface area contributed by atoms with Gasteiger partial charge in [0.1, 0.15) is 5.69 Å². The molecule has 0 saturated carbocycles. The van der Waals surface area contributed by atoms with Gasteiger partial charge in [0.2, 0.25) is 5.91 Å². The van der Waals surface area contributed by atoms with E-state index in [1.165, 1.54) is 0 Å². The van der Waals surface area contributed by atoms with Crippen LogP contribution in [0.15, 0.2) is 97.2 Å². The average Bonchev–Trinajstić information content (AvgIpc) is 3.34. The van der Waals surface area contributed by atoms with E-state index in [0.29, 0.717) is 16.8 Å². The second-order valence-corrected chi connectivity index (χ2v) is 7.98. The Morgan fingerprint density at radius 1 is 0.800 bits per heavy atom. The van der Waals surface area contributed by atoms with Crippen molar-refractivity contribution in [3.05, 3.63) is 108 Å². The van der Waals surface area contributed by atoms with Crippen LogP contribution in [0.4, 0.5) is 0 Å². The number of hydrogen-bond donors (Lipinski definition) is 3. The van der Waals surface area contributed by atoms with E-state index in [1.54, 1.807) is 42.1 Å². The van der Waals surface area contributed by atoms with Crippen LogP contribution in [0.3, 0.4) is 0 Å². The van der Waals surface area contributed by atoms with Crippen LogP contribution in [-0.2, 0) is 4.79 Å². The molecule has 0 aliphatic carbocycles. The Balaban J connectivity index is 1.41. The van der Waals surface area contributed by atoms with Crippen molar-refractivity contribution in [3.8, 4) is 16.9 Å². The van der Waals surface area contributed by atoms with Crippen molar-refractivity contribution in [2.45, 2.75) is 19.4 Å². The summed E-state index contributed by atoms with van der Waals surface area (Å²) in [6, 6.07) is 27.1. The van der Waals surface area contributed by atoms with Gasteiger partial charge in [-0.15, -0.1) is 0 Å². The van der Waals surface area contributed by atoms with Crippen molar-refractivity contribution in [2.24, 2.45) is 0 Å². The summed E-state index contributed by atoms with van der Waals surface area (Å²) >= 11 is 0. The molecule has 0 aliphatic heterocycles. The normalized spacial score (nSPS) is 11.3. The van der Waals surface area contributed by atoms with Crippen LogP contribution in [0.5, 0.6) is 0 Å². The summed E-state index contributed by atoms with van der Waals surface area (Å²) in [5.74, 6) is -1.20. The van der Waals surface area contributed by atoms with E-state index in [2.05, 4.69) is 21.3 Å². The Labute approximate surface area is 203 Å². The number of benzene rings is 3. The largest absolute Gasteiger partial charge is 0.349 e. The SMILES string of the molecule is CC(CC(=O)NNC(=O)c1cn(-c2ccccc2)nc1-c1ccccc1)NC(=O)c1ccccc1. The predicted molar refractivity (Wildman–Crippen MR) is 133 cm³/mol. The molecule has 8 nitrogen and oxygen atoms in total. The topological polar surface area (TPSA) is 105 Å². The molecule has 176 valence electrons. The van der Waals surface area contributed by atoms with Gasteiger partial charge in [0, 0.05) is 29.8 Å². The third-order valence-corrected chi connectivity index (χ3v) is 5.25. The molecule has 0 fully saturated rings. The summed E-state index contributed by atoms with van der Waals surface area (Å²) < 4.78 is 1.63. The molecule has 0 aliphatic rings. The molecule has 3 amide bonds. The zero-order chi connectivity index (χ0) is 24.6. The van der Waals surface area contributed by atoms with Crippen LogP contribution in [0.25, 0.3) is 16.9 Å². The van der Waals surface area contributed by atoms with Crippen molar-refractivity contribution >= 4 is 17.7 Å². The van der Waals surface area contributed by atoms with Crippen molar-refractivity contribution in [1.29, 1.82) is 0 Å². The standard InChI is InChI=1S/C27H25N5O3/c1-19(28-26(34)21-13-7-3-8-14-21)17-24(33)29-30-27(35)23-18-32(22-15-9-4-10-16-22)31-25(23)20-11-5-2-6-12-20/h2-16,18-19H,17H2,1H3,(H,28,34)(H,29,33)(H,30,35). The fourth-order valence-corrected chi connectivity index (χ4v) is 3.53. The van der Waals surface area contributed by atoms with Gasteiger partial charge >= 0.3 is 0 Å². The van der Waals surface area contributed by atoms with Crippen LogP contribution in [0.1, 0.15) is 34.1 Å². The molecule has 0 spiro atoms. The maximum Gasteiger partial charge on any atom is 0.273 e. The third-order valence-electron chi connectivity index (χ3n) is 5.25. The average molecular weight is 468 g/mol. The number of carbonyl (C=O) groups is 3. The van der Waals surface area contributed by atoms with E-state index >= 15 is 0 Å². The number of para-hydroxylation sites is 1. The van der Waals surface area contributed by atoms with Crippen LogP contribution in [-0.4, -0.2) is 33.5 Å². The van der Waals surface area contributed by atoms with Crippen LogP contribution >= 0.6 is 0 Å². The predicted octanol–water partition coefficient (Wildman–Crippen LogP) is 3.51. The second kappa shape index (κ2) is 10.9. The summed E-state index contributed by atoms with van der Waals surface area (Å²) in [6.45, 7) is 1.72. The number of hydrogen-bond acceptors (Lipinski definition) is 4. The number of aromatic nitrogens is 2. The Hall–Kier alpha value is -4.72. The van der Waals surface area contributed by atoms with E-state index < -0.39 is 17.9 Å². The quantitative estimate of drug-likeness (QED) is 0.362. The minimum Gasteiger partial charge on any atom is -0.349 e. The van der Waals surface area contributed by atoms with Gasteiger partial charge in [0.05, 0.1) is 11.3 Å². The molecule has 8 heteroatoms. The zero-order valence-electron chi connectivity index (χ0n) is 19.1. The Kier molecular flexibility index (Phi) is 7.32.